The molecule has 3 nitrogen and oxygen atoms in total. The third kappa shape index (κ3) is 3.99. The number of hydrogen-bond acceptors (Lipinski definition) is 2. The van der Waals surface area contributed by atoms with E-state index in [1.54, 1.807) is 30.5 Å². The van der Waals surface area contributed by atoms with Gasteiger partial charge < -0.3 is 4.72 Å². The van der Waals surface area contributed by atoms with Crippen LogP contribution in [0.3, 0.4) is 0 Å². The first-order chi connectivity index (χ1) is 9.54. The van der Waals surface area contributed by atoms with Crippen molar-refractivity contribution in [3.63, 3.8) is 0 Å². The van der Waals surface area contributed by atoms with Gasteiger partial charge in [0.1, 0.15) is 16.8 Å². The van der Waals surface area contributed by atoms with E-state index in [-0.39, 0.29) is 18.0 Å². The molecule has 0 saturated carbocycles. The highest BCUT2D eigenvalue weighted by molar-refractivity contribution is 7.85. The molecule has 2 aromatic carbocycles. The minimum Gasteiger partial charge on any atom is -0.305 e. The molecule has 1 unspecified atom stereocenters. The second kappa shape index (κ2) is 6.43. The summed E-state index contributed by atoms with van der Waals surface area (Å²) in [5, 5.41) is 0. The molecular formula is C15H14FNO2S. The van der Waals surface area contributed by atoms with Crippen molar-refractivity contribution in [1.82, 2.24) is 0 Å². The number of carbonyl (C=O) groups is 1. The van der Waals surface area contributed by atoms with Gasteiger partial charge >= 0.3 is 0 Å². The SMILES string of the molecule is CS(=O)Nc1ccc(CC(=O)c2ccc(F)cc2)cc1. The first kappa shape index (κ1) is 14.4. The van der Waals surface area contributed by atoms with Crippen molar-refractivity contribution in [2.75, 3.05) is 11.0 Å². The Morgan fingerprint density at radius 3 is 2.25 bits per heavy atom. The molecule has 0 heterocycles. The first-order valence-corrected chi connectivity index (χ1v) is 7.58. The Hall–Kier alpha value is -2.01. The molecule has 0 radical (unpaired) electrons. The number of halogens is 1. The van der Waals surface area contributed by atoms with Crippen LogP contribution in [0.2, 0.25) is 0 Å². The molecule has 2 rings (SSSR count). The van der Waals surface area contributed by atoms with Gasteiger partial charge in [-0.2, -0.15) is 0 Å². The van der Waals surface area contributed by atoms with Gasteiger partial charge in [0.05, 0.1) is 0 Å². The molecule has 0 aliphatic carbocycles. The molecule has 0 spiro atoms. The molecule has 0 aliphatic heterocycles. The van der Waals surface area contributed by atoms with Crippen LogP contribution < -0.4 is 4.72 Å². The molecular weight excluding hydrogens is 277 g/mol. The van der Waals surface area contributed by atoms with Crippen molar-refractivity contribution in [2.45, 2.75) is 6.42 Å². The minimum atomic E-state index is -1.12. The van der Waals surface area contributed by atoms with Gasteiger partial charge in [0.25, 0.3) is 0 Å². The molecule has 0 saturated heterocycles. The fraction of sp³-hybridized carbons (Fsp3) is 0.133. The topological polar surface area (TPSA) is 46.2 Å². The van der Waals surface area contributed by atoms with Crippen molar-refractivity contribution in [1.29, 1.82) is 0 Å². The molecule has 1 N–H and O–H groups in total. The third-order valence-electron chi connectivity index (χ3n) is 2.75. The number of carbonyl (C=O) groups excluding carboxylic acids is 1. The Morgan fingerprint density at radius 2 is 1.70 bits per heavy atom. The van der Waals surface area contributed by atoms with Gasteiger partial charge in [-0.3, -0.25) is 4.79 Å². The number of benzene rings is 2. The first-order valence-electron chi connectivity index (χ1n) is 6.02. The Balaban J connectivity index is 2.04. The molecule has 0 aliphatic rings. The standard InChI is InChI=1S/C15H14FNO2S/c1-20(19)17-14-8-2-11(3-9-14)10-15(18)12-4-6-13(16)7-5-12/h2-9,17H,10H2,1H3. The van der Waals surface area contributed by atoms with Crippen LogP contribution in [0.1, 0.15) is 15.9 Å². The van der Waals surface area contributed by atoms with E-state index in [0.717, 1.165) is 11.3 Å². The maximum absolute atomic E-state index is 12.8. The summed E-state index contributed by atoms with van der Waals surface area (Å²) in [5.74, 6) is -0.422. The summed E-state index contributed by atoms with van der Waals surface area (Å²) in [5.41, 5.74) is 2.08. The summed E-state index contributed by atoms with van der Waals surface area (Å²) in [6.07, 6.45) is 1.80. The molecule has 104 valence electrons. The van der Waals surface area contributed by atoms with E-state index >= 15 is 0 Å². The lowest BCUT2D eigenvalue weighted by Crippen LogP contribution is -2.04. The van der Waals surface area contributed by atoms with Crippen molar-refractivity contribution >= 4 is 22.5 Å². The van der Waals surface area contributed by atoms with Crippen LogP contribution in [0.4, 0.5) is 10.1 Å². The normalized spacial score (nSPS) is 11.9. The average molecular weight is 291 g/mol. The van der Waals surface area contributed by atoms with Gasteiger partial charge in [0, 0.05) is 23.9 Å². The molecule has 0 bridgehead atoms. The third-order valence-corrected chi connectivity index (χ3v) is 3.27. The van der Waals surface area contributed by atoms with Crippen molar-refractivity contribution < 1.29 is 13.4 Å². The lowest BCUT2D eigenvalue weighted by molar-refractivity contribution is 0.0993. The molecule has 0 aromatic heterocycles. The average Bonchev–Trinajstić information content (AvgIpc) is 2.41. The summed E-state index contributed by atoms with van der Waals surface area (Å²) >= 11 is 0. The summed E-state index contributed by atoms with van der Waals surface area (Å²) in [6, 6.07) is 12.7. The zero-order chi connectivity index (χ0) is 14.5. The van der Waals surface area contributed by atoms with Crippen molar-refractivity contribution in [2.24, 2.45) is 0 Å². The van der Waals surface area contributed by atoms with Crippen LogP contribution in [-0.4, -0.2) is 16.2 Å². The molecule has 20 heavy (non-hydrogen) atoms. The number of hydrogen-bond donors (Lipinski definition) is 1. The summed E-state index contributed by atoms with van der Waals surface area (Å²) in [7, 11) is -1.12. The van der Waals surface area contributed by atoms with E-state index in [4.69, 9.17) is 0 Å². The highest BCUT2D eigenvalue weighted by atomic mass is 32.2. The minimum absolute atomic E-state index is 0.0650. The fourth-order valence-corrected chi connectivity index (χ4v) is 2.25. The maximum atomic E-state index is 12.8. The van der Waals surface area contributed by atoms with E-state index in [2.05, 4.69) is 4.72 Å². The summed E-state index contributed by atoms with van der Waals surface area (Å²) < 4.78 is 26.6. The lowest BCUT2D eigenvalue weighted by Gasteiger charge is -2.05. The van der Waals surface area contributed by atoms with Gasteiger partial charge in [-0.25, -0.2) is 8.60 Å². The lowest BCUT2D eigenvalue weighted by atomic mass is 10.0. The Labute approximate surface area is 119 Å². The van der Waals surface area contributed by atoms with Gasteiger partial charge in [0.2, 0.25) is 0 Å². The molecule has 1 atom stereocenters. The summed E-state index contributed by atoms with van der Waals surface area (Å²) in [6.45, 7) is 0. The highest BCUT2D eigenvalue weighted by Gasteiger charge is 2.07. The largest absolute Gasteiger partial charge is 0.305 e. The zero-order valence-electron chi connectivity index (χ0n) is 10.9. The Kier molecular flexibility index (Phi) is 4.63. The zero-order valence-corrected chi connectivity index (χ0v) is 11.7. The number of anilines is 1. The summed E-state index contributed by atoms with van der Waals surface area (Å²) in [4.78, 5) is 12.0. The second-order valence-electron chi connectivity index (χ2n) is 4.36. The van der Waals surface area contributed by atoms with Gasteiger partial charge in [-0.15, -0.1) is 0 Å². The van der Waals surface area contributed by atoms with Gasteiger partial charge in [-0.1, -0.05) is 12.1 Å². The quantitative estimate of drug-likeness (QED) is 0.861. The smallest absolute Gasteiger partial charge is 0.167 e. The molecule has 0 fully saturated rings. The predicted molar refractivity (Wildman–Crippen MR) is 78.6 cm³/mol. The van der Waals surface area contributed by atoms with Crippen LogP contribution in [0.15, 0.2) is 48.5 Å². The monoisotopic (exact) mass is 291 g/mol. The maximum Gasteiger partial charge on any atom is 0.167 e. The fourth-order valence-electron chi connectivity index (χ4n) is 1.78. The molecule has 0 amide bonds. The van der Waals surface area contributed by atoms with E-state index in [9.17, 15) is 13.4 Å². The van der Waals surface area contributed by atoms with Crippen LogP contribution in [-0.2, 0) is 17.4 Å². The Morgan fingerprint density at radius 1 is 1.10 bits per heavy atom. The Bertz CT molecular complexity index is 623. The van der Waals surface area contributed by atoms with Crippen LogP contribution in [0.25, 0.3) is 0 Å². The predicted octanol–water partition coefficient (Wildman–Crippen LogP) is 2.96. The molecule has 2 aromatic rings. The number of nitrogens with one attached hydrogen (secondary N) is 1. The number of rotatable bonds is 5. The van der Waals surface area contributed by atoms with E-state index in [1.807, 2.05) is 0 Å². The highest BCUT2D eigenvalue weighted by Crippen LogP contribution is 2.13. The molecule has 5 heteroatoms. The number of Topliss-reactive ketones (excluding diaryl/α,β-unsaturated/α-hetero) is 1. The van der Waals surface area contributed by atoms with Gasteiger partial charge in [0.15, 0.2) is 5.78 Å². The van der Waals surface area contributed by atoms with Crippen molar-refractivity contribution in [3.05, 3.63) is 65.5 Å². The van der Waals surface area contributed by atoms with Gasteiger partial charge in [-0.05, 0) is 42.0 Å². The van der Waals surface area contributed by atoms with E-state index in [0.29, 0.717) is 5.56 Å². The number of ketones is 1. The van der Waals surface area contributed by atoms with Crippen LogP contribution >= 0.6 is 0 Å². The van der Waals surface area contributed by atoms with Crippen LogP contribution in [0.5, 0.6) is 0 Å². The van der Waals surface area contributed by atoms with E-state index < -0.39 is 11.0 Å². The van der Waals surface area contributed by atoms with Crippen LogP contribution in [0, 0.1) is 5.82 Å². The second-order valence-corrected chi connectivity index (χ2v) is 5.47. The van der Waals surface area contributed by atoms with E-state index in [1.165, 1.54) is 24.3 Å². The van der Waals surface area contributed by atoms with Crippen molar-refractivity contribution in [3.8, 4) is 0 Å².